The summed E-state index contributed by atoms with van der Waals surface area (Å²) >= 11 is 0. The molecule has 0 radical (unpaired) electrons. The molecule has 0 unspecified atom stereocenters. The van der Waals surface area contributed by atoms with Crippen LogP contribution in [-0.4, -0.2) is 25.7 Å². The van der Waals surface area contributed by atoms with Gasteiger partial charge in [-0.25, -0.2) is 0 Å². The van der Waals surface area contributed by atoms with Crippen LogP contribution in [0.5, 0.6) is 11.5 Å². The lowest BCUT2D eigenvalue weighted by Gasteiger charge is -2.12. The van der Waals surface area contributed by atoms with Gasteiger partial charge in [0, 0.05) is 23.9 Å². The Morgan fingerprint density at radius 3 is 2.60 bits per heavy atom. The summed E-state index contributed by atoms with van der Waals surface area (Å²) in [7, 11) is 3.34. The van der Waals surface area contributed by atoms with Crippen molar-refractivity contribution in [2.75, 3.05) is 20.8 Å². The molecule has 20 heavy (non-hydrogen) atoms. The molecule has 0 aliphatic heterocycles. The maximum atomic E-state index is 5.40. The van der Waals surface area contributed by atoms with Crippen LogP contribution in [0.4, 0.5) is 0 Å². The van der Waals surface area contributed by atoms with Crippen LogP contribution in [0.1, 0.15) is 12.5 Å². The standard InChI is InChI=1S/C16H20N2O2/c1-4-17-11-13-10-12(7-8-14(13)19-2)16-15(20-3)6-5-9-18-16/h5-10,17H,4,11H2,1-3H3. The number of nitrogens with zero attached hydrogens (tertiary/aromatic N) is 1. The molecule has 2 aromatic rings. The van der Waals surface area contributed by atoms with E-state index in [9.17, 15) is 0 Å². The fraction of sp³-hybridized carbons (Fsp3) is 0.312. The fourth-order valence-electron chi connectivity index (χ4n) is 2.10. The summed E-state index contributed by atoms with van der Waals surface area (Å²) < 4.78 is 10.8. The highest BCUT2D eigenvalue weighted by Gasteiger charge is 2.10. The monoisotopic (exact) mass is 272 g/mol. The van der Waals surface area contributed by atoms with Crippen molar-refractivity contribution >= 4 is 0 Å². The Morgan fingerprint density at radius 2 is 1.90 bits per heavy atom. The van der Waals surface area contributed by atoms with E-state index in [1.165, 1.54) is 0 Å². The number of aromatic nitrogens is 1. The summed E-state index contributed by atoms with van der Waals surface area (Å²) in [5.74, 6) is 1.65. The van der Waals surface area contributed by atoms with E-state index in [0.29, 0.717) is 0 Å². The van der Waals surface area contributed by atoms with Crippen LogP contribution in [0.25, 0.3) is 11.3 Å². The summed E-state index contributed by atoms with van der Waals surface area (Å²) in [5, 5.41) is 3.31. The zero-order valence-corrected chi connectivity index (χ0v) is 12.1. The first kappa shape index (κ1) is 14.3. The number of hydrogen-bond donors (Lipinski definition) is 1. The van der Waals surface area contributed by atoms with Crippen molar-refractivity contribution in [3.63, 3.8) is 0 Å². The maximum Gasteiger partial charge on any atom is 0.145 e. The molecular weight excluding hydrogens is 252 g/mol. The van der Waals surface area contributed by atoms with E-state index >= 15 is 0 Å². The smallest absolute Gasteiger partial charge is 0.145 e. The van der Waals surface area contributed by atoms with Crippen molar-refractivity contribution in [2.24, 2.45) is 0 Å². The summed E-state index contributed by atoms with van der Waals surface area (Å²) in [6, 6.07) is 9.84. The molecule has 0 bridgehead atoms. The van der Waals surface area contributed by atoms with Gasteiger partial charge < -0.3 is 14.8 Å². The second kappa shape index (κ2) is 6.91. The lowest BCUT2D eigenvalue weighted by molar-refractivity contribution is 0.408. The van der Waals surface area contributed by atoms with Gasteiger partial charge in [0.25, 0.3) is 0 Å². The van der Waals surface area contributed by atoms with E-state index < -0.39 is 0 Å². The number of nitrogens with one attached hydrogen (secondary N) is 1. The van der Waals surface area contributed by atoms with Crippen molar-refractivity contribution in [3.05, 3.63) is 42.1 Å². The molecule has 4 nitrogen and oxygen atoms in total. The van der Waals surface area contributed by atoms with Gasteiger partial charge in [-0.2, -0.15) is 0 Å². The minimum atomic E-state index is 0.767. The second-order valence-electron chi connectivity index (χ2n) is 4.36. The molecule has 106 valence electrons. The van der Waals surface area contributed by atoms with E-state index in [4.69, 9.17) is 9.47 Å². The Morgan fingerprint density at radius 1 is 1.10 bits per heavy atom. The Bertz CT molecular complexity index is 570. The van der Waals surface area contributed by atoms with Crippen molar-refractivity contribution in [1.82, 2.24) is 10.3 Å². The summed E-state index contributed by atoms with van der Waals surface area (Å²) in [6.07, 6.45) is 1.77. The number of pyridine rings is 1. The highest BCUT2D eigenvalue weighted by Crippen LogP contribution is 2.30. The van der Waals surface area contributed by atoms with Gasteiger partial charge in [-0.05, 0) is 36.9 Å². The predicted octanol–water partition coefficient (Wildman–Crippen LogP) is 2.88. The Kier molecular flexibility index (Phi) is 4.96. The third kappa shape index (κ3) is 3.08. The molecule has 0 spiro atoms. The molecule has 0 amide bonds. The lowest BCUT2D eigenvalue weighted by atomic mass is 10.1. The van der Waals surface area contributed by atoms with E-state index in [-0.39, 0.29) is 0 Å². The highest BCUT2D eigenvalue weighted by atomic mass is 16.5. The molecule has 0 fully saturated rings. The third-order valence-electron chi connectivity index (χ3n) is 3.11. The highest BCUT2D eigenvalue weighted by molar-refractivity contribution is 5.68. The number of methoxy groups -OCH3 is 2. The number of benzene rings is 1. The summed E-state index contributed by atoms with van der Waals surface area (Å²) in [5.41, 5.74) is 2.98. The molecule has 1 aromatic heterocycles. The predicted molar refractivity (Wildman–Crippen MR) is 80.2 cm³/mol. The van der Waals surface area contributed by atoms with Gasteiger partial charge in [0.05, 0.1) is 14.2 Å². The molecule has 0 saturated heterocycles. The van der Waals surface area contributed by atoms with Crippen LogP contribution >= 0.6 is 0 Å². The molecule has 4 heteroatoms. The Balaban J connectivity index is 2.41. The van der Waals surface area contributed by atoms with Crippen LogP contribution in [0.3, 0.4) is 0 Å². The van der Waals surface area contributed by atoms with Gasteiger partial charge in [-0.1, -0.05) is 6.92 Å². The van der Waals surface area contributed by atoms with Gasteiger partial charge in [-0.15, -0.1) is 0 Å². The van der Waals surface area contributed by atoms with E-state index in [0.717, 1.165) is 41.4 Å². The fourth-order valence-corrected chi connectivity index (χ4v) is 2.10. The molecule has 1 aromatic carbocycles. The minimum Gasteiger partial charge on any atom is -0.496 e. The summed E-state index contributed by atoms with van der Waals surface area (Å²) in [4.78, 5) is 4.41. The molecule has 2 rings (SSSR count). The van der Waals surface area contributed by atoms with Crippen LogP contribution in [-0.2, 0) is 6.54 Å². The van der Waals surface area contributed by atoms with Gasteiger partial charge >= 0.3 is 0 Å². The number of rotatable bonds is 6. The first-order valence-corrected chi connectivity index (χ1v) is 6.67. The SMILES string of the molecule is CCNCc1cc(-c2ncccc2OC)ccc1OC. The molecular formula is C16H20N2O2. The van der Waals surface area contributed by atoms with Gasteiger partial charge in [0.15, 0.2) is 0 Å². The molecule has 0 aliphatic carbocycles. The quantitative estimate of drug-likeness (QED) is 0.878. The van der Waals surface area contributed by atoms with E-state index in [1.54, 1.807) is 20.4 Å². The zero-order chi connectivity index (χ0) is 14.4. The van der Waals surface area contributed by atoms with Crippen molar-refractivity contribution in [2.45, 2.75) is 13.5 Å². The van der Waals surface area contributed by atoms with Crippen LogP contribution in [0, 0.1) is 0 Å². The largest absolute Gasteiger partial charge is 0.496 e. The first-order valence-electron chi connectivity index (χ1n) is 6.67. The lowest BCUT2D eigenvalue weighted by Crippen LogP contribution is -2.12. The normalized spacial score (nSPS) is 10.3. The Labute approximate surface area is 119 Å². The van der Waals surface area contributed by atoms with Gasteiger partial charge in [-0.3, -0.25) is 4.98 Å². The van der Waals surface area contributed by atoms with Crippen molar-refractivity contribution in [1.29, 1.82) is 0 Å². The first-order chi connectivity index (χ1) is 9.80. The minimum absolute atomic E-state index is 0.767. The molecule has 0 aliphatic rings. The van der Waals surface area contributed by atoms with Crippen molar-refractivity contribution in [3.8, 4) is 22.8 Å². The van der Waals surface area contributed by atoms with Gasteiger partial charge in [0.1, 0.15) is 17.2 Å². The average molecular weight is 272 g/mol. The topological polar surface area (TPSA) is 43.4 Å². The third-order valence-corrected chi connectivity index (χ3v) is 3.11. The van der Waals surface area contributed by atoms with Gasteiger partial charge in [0.2, 0.25) is 0 Å². The Hall–Kier alpha value is -2.07. The number of ether oxygens (including phenoxy) is 2. The number of hydrogen-bond acceptors (Lipinski definition) is 4. The van der Waals surface area contributed by atoms with Crippen molar-refractivity contribution < 1.29 is 9.47 Å². The van der Waals surface area contributed by atoms with E-state index in [2.05, 4.69) is 23.3 Å². The average Bonchev–Trinajstić information content (AvgIpc) is 2.52. The summed E-state index contributed by atoms with van der Waals surface area (Å²) in [6.45, 7) is 3.76. The van der Waals surface area contributed by atoms with Crippen LogP contribution < -0.4 is 14.8 Å². The van der Waals surface area contributed by atoms with Crippen LogP contribution in [0.15, 0.2) is 36.5 Å². The van der Waals surface area contributed by atoms with E-state index in [1.807, 2.05) is 24.3 Å². The molecule has 1 heterocycles. The molecule has 1 N–H and O–H groups in total. The van der Waals surface area contributed by atoms with Crippen LogP contribution in [0.2, 0.25) is 0 Å². The zero-order valence-electron chi connectivity index (χ0n) is 12.1. The molecule has 0 atom stereocenters. The maximum absolute atomic E-state index is 5.40. The second-order valence-corrected chi connectivity index (χ2v) is 4.36. The molecule has 0 saturated carbocycles.